The number of fused-ring (bicyclic) bond motifs is 1. The number of nitrogens with zero attached hydrogens (tertiary/aromatic N) is 3. The van der Waals surface area contributed by atoms with Gasteiger partial charge in [-0.1, -0.05) is 122 Å². The van der Waals surface area contributed by atoms with Crippen molar-refractivity contribution in [2.24, 2.45) is 0 Å². The van der Waals surface area contributed by atoms with E-state index < -0.39 is 67.1 Å². The van der Waals surface area contributed by atoms with E-state index in [1.54, 1.807) is 84.9 Å². The molecule has 5 atom stereocenters. The molecule has 5 aromatic rings. The van der Waals surface area contributed by atoms with Gasteiger partial charge >= 0.3 is 29.8 Å². The summed E-state index contributed by atoms with van der Waals surface area (Å²) in [5.74, 6) is -3.77. The lowest BCUT2D eigenvalue weighted by Crippen LogP contribution is -2.61. The lowest BCUT2D eigenvalue weighted by molar-refractivity contribution is -0.252. The van der Waals surface area contributed by atoms with E-state index in [0.29, 0.717) is 12.3 Å². The van der Waals surface area contributed by atoms with Crippen LogP contribution in [-0.2, 0) is 34.8 Å². The third kappa shape index (κ3) is 10.8. The first-order valence-electron chi connectivity index (χ1n) is 21.8. The first kappa shape index (κ1) is 45.6. The molecule has 0 saturated carbocycles. The second-order valence-electron chi connectivity index (χ2n) is 16.2. The number of aromatic nitrogens is 3. The van der Waals surface area contributed by atoms with Crippen LogP contribution in [0.2, 0.25) is 0 Å². The van der Waals surface area contributed by atoms with E-state index in [1.165, 1.54) is 48.2 Å². The van der Waals surface area contributed by atoms with Crippen molar-refractivity contribution in [2.45, 2.75) is 63.8 Å². The summed E-state index contributed by atoms with van der Waals surface area (Å²) in [6, 6.07) is 42.8. The second-order valence-corrected chi connectivity index (χ2v) is 16.2. The van der Waals surface area contributed by atoms with Crippen LogP contribution in [0, 0.1) is 6.92 Å². The maximum atomic E-state index is 14.0. The Hall–Kier alpha value is -7.97. The molecule has 1 aromatic heterocycles. The van der Waals surface area contributed by atoms with Gasteiger partial charge in [-0.25, -0.2) is 28.7 Å². The van der Waals surface area contributed by atoms with Crippen LogP contribution in [0.5, 0.6) is 0 Å². The monoisotopic (exact) mass is 901 g/mol. The van der Waals surface area contributed by atoms with Crippen LogP contribution in [0.1, 0.15) is 94.6 Å². The summed E-state index contributed by atoms with van der Waals surface area (Å²) in [6.07, 6.45) is -6.13. The number of esters is 5. The molecule has 340 valence electrons. The highest BCUT2D eigenvalue weighted by Crippen LogP contribution is 2.37. The topological polar surface area (TPSA) is 171 Å². The summed E-state index contributed by atoms with van der Waals surface area (Å²) in [5.41, 5.74) is 5.95. The third-order valence-electron chi connectivity index (χ3n) is 11.4. The summed E-state index contributed by atoms with van der Waals surface area (Å²) in [5, 5.41) is 8.31. The molecular weight excluding hydrogens is 855 g/mol. The van der Waals surface area contributed by atoms with E-state index in [1.807, 2.05) is 0 Å². The second kappa shape index (κ2) is 20.9. The van der Waals surface area contributed by atoms with E-state index in [4.69, 9.17) is 28.4 Å². The Morgan fingerprint density at radius 3 is 1.66 bits per heavy atom. The fourth-order valence-electron chi connectivity index (χ4n) is 7.73. The van der Waals surface area contributed by atoms with Crippen molar-refractivity contribution < 1.29 is 52.4 Å². The molecule has 2 aliphatic carbocycles. The molecule has 1 aliphatic heterocycles. The molecule has 14 nitrogen and oxygen atoms in total. The summed E-state index contributed by atoms with van der Waals surface area (Å²) >= 11 is 0. The van der Waals surface area contributed by atoms with E-state index >= 15 is 0 Å². The van der Waals surface area contributed by atoms with Gasteiger partial charge in [-0.2, -0.15) is 0 Å². The van der Waals surface area contributed by atoms with Crippen LogP contribution in [0.25, 0.3) is 11.1 Å². The first-order chi connectivity index (χ1) is 32.5. The van der Waals surface area contributed by atoms with Crippen molar-refractivity contribution >= 4 is 29.8 Å². The fourth-order valence-corrected chi connectivity index (χ4v) is 7.73. The van der Waals surface area contributed by atoms with E-state index in [2.05, 4.69) is 61.4 Å². The van der Waals surface area contributed by atoms with Gasteiger partial charge in [0.15, 0.2) is 30.2 Å². The largest absolute Gasteiger partial charge is 0.461 e. The molecule has 0 radical (unpaired) electrons. The Bertz CT molecular complexity index is 2800. The van der Waals surface area contributed by atoms with Crippen LogP contribution in [0.15, 0.2) is 158 Å². The SMILES string of the molecule is Cc1ccc2c(CCOC(=O)c3cn([C@H]4O[C@H](COC(=O)c5ccccc5)[C@@H](OC(=O)c5ccccc5)[C@H](OC(=O)c5ccccc5)[C@@H]4OC(=O)c4ccccc4)nn3)ccc(C(C)C)cc1-2. The van der Waals surface area contributed by atoms with Gasteiger partial charge in [0.1, 0.15) is 12.7 Å². The average Bonchev–Trinajstić information content (AvgIpc) is 3.95. The Morgan fingerprint density at radius 2 is 1.10 bits per heavy atom. The standard InChI is InChI=1S/C53H47N3O11/c1-33(2)40-26-25-35(41-27-24-34(3)42(41)30-40)28-29-62-53(61)43-31-56(55-54-43)48-47(67-52(60)39-22-14-7-15-23-39)46(66-51(59)38-20-12-6-13-21-38)45(65-50(58)37-18-10-5-11-19-37)44(64-48)32-63-49(57)36-16-8-4-9-17-36/h4-27,30-31,33,44-48H,28-29,32H2,1-3H3/t44-,45-,46+,47+,48+/m1/s1. The molecule has 0 amide bonds. The Balaban J connectivity index is 1.13. The molecule has 67 heavy (non-hydrogen) atoms. The van der Waals surface area contributed by atoms with Crippen molar-refractivity contribution in [1.29, 1.82) is 0 Å². The van der Waals surface area contributed by atoms with Gasteiger partial charge in [0.2, 0.25) is 0 Å². The van der Waals surface area contributed by atoms with E-state index in [9.17, 15) is 24.0 Å². The van der Waals surface area contributed by atoms with Gasteiger partial charge in [0.25, 0.3) is 0 Å². The highest BCUT2D eigenvalue weighted by molar-refractivity contribution is 5.92. The Morgan fingerprint density at radius 1 is 0.582 bits per heavy atom. The Kier molecular flexibility index (Phi) is 14.2. The smallest absolute Gasteiger partial charge is 0.360 e. The van der Waals surface area contributed by atoms with Crippen molar-refractivity contribution in [3.8, 4) is 11.1 Å². The van der Waals surface area contributed by atoms with Crippen LogP contribution in [0.4, 0.5) is 0 Å². The zero-order chi connectivity index (χ0) is 46.9. The van der Waals surface area contributed by atoms with Gasteiger partial charge in [-0.15, -0.1) is 5.10 Å². The molecule has 0 unspecified atom stereocenters. The van der Waals surface area contributed by atoms with Gasteiger partial charge in [0.05, 0.1) is 35.1 Å². The van der Waals surface area contributed by atoms with Crippen LogP contribution in [0.3, 0.4) is 0 Å². The summed E-state index contributed by atoms with van der Waals surface area (Å²) in [6.45, 7) is 5.81. The first-order valence-corrected chi connectivity index (χ1v) is 21.8. The summed E-state index contributed by atoms with van der Waals surface area (Å²) < 4.78 is 37.6. The minimum atomic E-state index is -1.65. The lowest BCUT2D eigenvalue weighted by Gasteiger charge is -2.44. The number of hydrogen-bond donors (Lipinski definition) is 0. The summed E-state index contributed by atoms with van der Waals surface area (Å²) in [7, 11) is 0. The van der Waals surface area contributed by atoms with Gasteiger partial charge in [-0.3, -0.25) is 0 Å². The quantitative estimate of drug-likeness (QED) is 0.0708. The van der Waals surface area contributed by atoms with Gasteiger partial charge in [0, 0.05) is 6.42 Å². The predicted octanol–water partition coefficient (Wildman–Crippen LogP) is 8.65. The van der Waals surface area contributed by atoms with E-state index in [0.717, 1.165) is 26.9 Å². The number of hydrogen-bond acceptors (Lipinski definition) is 13. The minimum Gasteiger partial charge on any atom is -0.461 e. The van der Waals surface area contributed by atoms with Crippen molar-refractivity contribution in [2.75, 3.05) is 13.2 Å². The van der Waals surface area contributed by atoms with Gasteiger partial charge < -0.3 is 28.4 Å². The molecule has 0 spiro atoms. The number of benzene rings is 4. The third-order valence-corrected chi connectivity index (χ3v) is 11.4. The number of rotatable bonds is 15. The molecule has 4 aromatic carbocycles. The van der Waals surface area contributed by atoms with E-state index in [-0.39, 0.29) is 34.6 Å². The maximum absolute atomic E-state index is 14.0. The minimum absolute atomic E-state index is 0.0180. The van der Waals surface area contributed by atoms with Crippen molar-refractivity contribution in [1.82, 2.24) is 15.0 Å². The average molecular weight is 902 g/mol. The summed E-state index contributed by atoms with van der Waals surface area (Å²) in [4.78, 5) is 68.9. The fraction of sp³-hybridized carbons (Fsp3) is 0.226. The molecule has 0 N–H and O–H groups in total. The number of aryl methyl sites for hydroxylation is 1. The number of ether oxygens (including phenoxy) is 6. The van der Waals surface area contributed by atoms with Crippen LogP contribution < -0.4 is 0 Å². The Labute approximate surface area is 386 Å². The predicted molar refractivity (Wildman–Crippen MR) is 243 cm³/mol. The zero-order valence-electron chi connectivity index (χ0n) is 36.9. The lowest BCUT2D eigenvalue weighted by atomic mass is 9.96. The highest BCUT2D eigenvalue weighted by atomic mass is 16.7. The molecule has 3 aliphatic rings. The maximum Gasteiger partial charge on any atom is 0.360 e. The number of carbonyl (C=O) groups is 5. The molecule has 1 fully saturated rings. The molecule has 14 heteroatoms. The zero-order valence-corrected chi connectivity index (χ0v) is 36.9. The molecule has 1 saturated heterocycles. The molecule has 2 heterocycles. The normalized spacial score (nSPS) is 17.9. The molecule has 0 bridgehead atoms. The highest BCUT2D eigenvalue weighted by Gasteiger charge is 2.54. The van der Waals surface area contributed by atoms with Crippen LogP contribution in [-0.4, -0.2) is 82.5 Å². The number of carbonyl (C=O) groups excluding carboxylic acids is 5. The molecular formula is C53H47N3O11. The van der Waals surface area contributed by atoms with Crippen LogP contribution >= 0.6 is 0 Å². The molecule has 8 rings (SSSR count). The van der Waals surface area contributed by atoms with Crippen molar-refractivity contribution in [3.05, 3.63) is 202 Å². The van der Waals surface area contributed by atoms with Gasteiger partial charge in [-0.05, 0) is 89.2 Å². The van der Waals surface area contributed by atoms with Crippen molar-refractivity contribution in [3.63, 3.8) is 0 Å².